The Hall–Kier alpha value is -0.650. The lowest BCUT2D eigenvalue weighted by atomic mass is 10.2. The normalized spacial score (nSPS) is 21.8. The molecule has 0 spiro atoms. The lowest BCUT2D eigenvalue weighted by molar-refractivity contribution is -0.115. The number of amides is 1. The molecule has 0 aromatic heterocycles. The van der Waals surface area contributed by atoms with Crippen LogP contribution in [0.2, 0.25) is 0 Å². The highest BCUT2D eigenvalue weighted by Crippen LogP contribution is 2.36. The fourth-order valence-corrected chi connectivity index (χ4v) is 2.50. The molecule has 3 N–H and O–H groups in total. The average molecular weight is 240 g/mol. The Bertz CT molecular complexity index is 406. The van der Waals surface area contributed by atoms with Crippen molar-refractivity contribution in [3.8, 4) is 0 Å². The van der Waals surface area contributed by atoms with Gasteiger partial charge in [-0.2, -0.15) is 12.6 Å². The number of rotatable bonds is 1. The summed E-state index contributed by atoms with van der Waals surface area (Å²) in [6, 6.07) is 5.79. The third-order valence-corrected chi connectivity index (χ3v) is 3.75. The summed E-state index contributed by atoms with van der Waals surface area (Å²) in [5.41, 5.74) is 7.40. The summed E-state index contributed by atoms with van der Waals surface area (Å²) < 4.78 is 0. The molecule has 2 unspecified atom stereocenters. The molecule has 0 fully saturated rings. The molecule has 2 rings (SSSR count). The van der Waals surface area contributed by atoms with E-state index in [1.165, 1.54) is 0 Å². The van der Waals surface area contributed by atoms with Crippen LogP contribution in [-0.4, -0.2) is 11.2 Å². The van der Waals surface area contributed by atoms with E-state index in [1.807, 2.05) is 25.1 Å². The van der Waals surface area contributed by atoms with Gasteiger partial charge in [0.2, 0.25) is 5.91 Å². The molecule has 0 saturated carbocycles. The van der Waals surface area contributed by atoms with Crippen molar-refractivity contribution in [2.24, 2.45) is 5.73 Å². The van der Waals surface area contributed by atoms with Gasteiger partial charge in [0.25, 0.3) is 0 Å². The Morgan fingerprint density at radius 2 is 2.33 bits per heavy atom. The number of benzene rings is 1. The van der Waals surface area contributed by atoms with E-state index in [2.05, 4.69) is 17.9 Å². The van der Waals surface area contributed by atoms with Gasteiger partial charge in [-0.1, -0.05) is 6.07 Å². The zero-order valence-corrected chi connectivity index (χ0v) is 9.94. The predicted molar refractivity (Wildman–Crippen MR) is 66.3 cm³/mol. The average Bonchev–Trinajstić information content (AvgIpc) is 2.19. The molecule has 15 heavy (non-hydrogen) atoms. The predicted octanol–water partition coefficient (Wildman–Crippen LogP) is 2.01. The van der Waals surface area contributed by atoms with E-state index in [9.17, 15) is 4.79 Å². The summed E-state index contributed by atoms with van der Waals surface area (Å²) >= 11 is 5.72. The van der Waals surface area contributed by atoms with Crippen molar-refractivity contribution in [1.29, 1.82) is 0 Å². The van der Waals surface area contributed by atoms with Crippen LogP contribution in [0.25, 0.3) is 0 Å². The van der Waals surface area contributed by atoms with E-state index in [0.29, 0.717) is 0 Å². The molecule has 1 aliphatic rings. The maximum absolute atomic E-state index is 11.5. The van der Waals surface area contributed by atoms with Gasteiger partial charge < -0.3 is 11.1 Å². The molecule has 1 aromatic carbocycles. The number of nitrogens with one attached hydrogen (secondary N) is 1. The minimum absolute atomic E-state index is 0.0342. The zero-order valence-electron chi connectivity index (χ0n) is 8.23. The van der Waals surface area contributed by atoms with E-state index in [1.54, 1.807) is 11.8 Å². The number of anilines is 1. The molecule has 0 aliphatic carbocycles. The molecular formula is C10H12N2OS2. The third kappa shape index (κ3) is 2.14. The van der Waals surface area contributed by atoms with Gasteiger partial charge in [-0.25, -0.2) is 0 Å². The molecular weight excluding hydrogens is 228 g/mol. The highest BCUT2D eigenvalue weighted by atomic mass is 32.2. The minimum atomic E-state index is -0.309. The summed E-state index contributed by atoms with van der Waals surface area (Å²) in [7, 11) is 0. The fourth-order valence-electron chi connectivity index (χ4n) is 1.41. The van der Waals surface area contributed by atoms with E-state index in [4.69, 9.17) is 5.73 Å². The van der Waals surface area contributed by atoms with Gasteiger partial charge in [0.05, 0.1) is 16.3 Å². The summed E-state index contributed by atoms with van der Waals surface area (Å²) in [6.45, 7) is 1.89. The molecule has 0 bridgehead atoms. The molecule has 1 heterocycles. The summed E-state index contributed by atoms with van der Waals surface area (Å²) in [5, 5.41) is 2.51. The maximum atomic E-state index is 11.5. The van der Waals surface area contributed by atoms with Crippen LogP contribution >= 0.6 is 24.4 Å². The van der Waals surface area contributed by atoms with Crippen molar-refractivity contribution in [1.82, 2.24) is 0 Å². The highest BCUT2D eigenvalue weighted by Gasteiger charge is 2.23. The molecule has 0 radical (unpaired) electrons. The first-order chi connectivity index (χ1) is 7.08. The molecule has 80 valence electrons. The minimum Gasteiger partial charge on any atom is -0.324 e. The lowest BCUT2D eigenvalue weighted by Crippen LogP contribution is -2.26. The van der Waals surface area contributed by atoms with E-state index < -0.39 is 0 Å². The SMILES string of the molecule is CC1Sc2ccc(C(N)S)cc2NC1=O. The quantitative estimate of drug-likeness (QED) is 0.520. The fraction of sp³-hybridized carbons (Fsp3) is 0.300. The highest BCUT2D eigenvalue weighted by molar-refractivity contribution is 8.00. The topological polar surface area (TPSA) is 55.1 Å². The summed E-state index contributed by atoms with van der Waals surface area (Å²) in [5.74, 6) is 0.0392. The summed E-state index contributed by atoms with van der Waals surface area (Å²) in [6.07, 6.45) is 0. The third-order valence-electron chi connectivity index (χ3n) is 2.28. The molecule has 3 nitrogen and oxygen atoms in total. The smallest absolute Gasteiger partial charge is 0.237 e. The van der Waals surface area contributed by atoms with Crippen LogP contribution in [0.5, 0.6) is 0 Å². The van der Waals surface area contributed by atoms with Gasteiger partial charge in [0.15, 0.2) is 0 Å². The van der Waals surface area contributed by atoms with Crippen molar-refractivity contribution in [3.05, 3.63) is 23.8 Å². The van der Waals surface area contributed by atoms with Crippen LogP contribution < -0.4 is 11.1 Å². The van der Waals surface area contributed by atoms with Crippen molar-refractivity contribution in [2.75, 3.05) is 5.32 Å². The number of hydrogen-bond donors (Lipinski definition) is 3. The number of thiol groups is 1. The van der Waals surface area contributed by atoms with Gasteiger partial charge in [0.1, 0.15) is 0 Å². The Kier molecular flexibility index (Phi) is 2.95. The number of hydrogen-bond acceptors (Lipinski definition) is 4. The van der Waals surface area contributed by atoms with Crippen LogP contribution in [0.3, 0.4) is 0 Å². The molecule has 2 atom stereocenters. The first-order valence-corrected chi connectivity index (χ1v) is 6.02. The van der Waals surface area contributed by atoms with Crippen molar-refractivity contribution in [2.45, 2.75) is 22.4 Å². The van der Waals surface area contributed by atoms with Gasteiger partial charge >= 0.3 is 0 Å². The maximum Gasteiger partial charge on any atom is 0.237 e. The molecule has 1 aliphatic heterocycles. The second kappa shape index (κ2) is 4.08. The molecule has 1 amide bonds. The second-order valence-corrected chi connectivity index (χ2v) is 5.39. The monoisotopic (exact) mass is 240 g/mol. The standard InChI is InChI=1S/C10H12N2OS2/c1-5-10(13)12-7-4-6(9(11)14)2-3-8(7)15-5/h2-5,9,14H,11H2,1H3,(H,12,13). The number of nitrogens with two attached hydrogens (primary N) is 1. The summed E-state index contributed by atoms with van der Waals surface area (Å²) in [4.78, 5) is 12.5. The number of carbonyl (C=O) groups is 1. The Balaban J connectivity index is 2.37. The van der Waals surface area contributed by atoms with Gasteiger partial charge in [-0.15, -0.1) is 11.8 Å². The molecule has 1 aromatic rings. The number of carbonyl (C=O) groups excluding carboxylic acids is 1. The van der Waals surface area contributed by atoms with Crippen LogP contribution in [0.1, 0.15) is 17.9 Å². The lowest BCUT2D eigenvalue weighted by Gasteiger charge is -2.22. The largest absolute Gasteiger partial charge is 0.324 e. The van der Waals surface area contributed by atoms with Gasteiger partial charge in [-0.05, 0) is 24.6 Å². The van der Waals surface area contributed by atoms with Crippen molar-refractivity contribution in [3.63, 3.8) is 0 Å². The molecule has 0 saturated heterocycles. The van der Waals surface area contributed by atoms with Gasteiger partial charge in [-0.3, -0.25) is 4.79 Å². The van der Waals surface area contributed by atoms with Gasteiger partial charge in [0, 0.05) is 4.90 Å². The number of fused-ring (bicyclic) bond motifs is 1. The van der Waals surface area contributed by atoms with Crippen LogP contribution in [0.4, 0.5) is 5.69 Å². The zero-order chi connectivity index (χ0) is 11.0. The van der Waals surface area contributed by atoms with E-state index in [0.717, 1.165) is 16.1 Å². The van der Waals surface area contributed by atoms with Crippen LogP contribution in [0, 0.1) is 0 Å². The van der Waals surface area contributed by atoms with Crippen molar-refractivity contribution < 1.29 is 4.79 Å². The molecule has 5 heteroatoms. The van der Waals surface area contributed by atoms with E-state index >= 15 is 0 Å². The van der Waals surface area contributed by atoms with Crippen molar-refractivity contribution >= 4 is 36.0 Å². The first-order valence-electron chi connectivity index (χ1n) is 4.63. The van der Waals surface area contributed by atoms with E-state index in [-0.39, 0.29) is 16.5 Å². The van der Waals surface area contributed by atoms with Crippen LogP contribution in [0.15, 0.2) is 23.1 Å². The Morgan fingerprint density at radius 3 is 3.00 bits per heavy atom. The first kappa shape index (κ1) is 10.9. The van der Waals surface area contributed by atoms with Crippen LogP contribution in [-0.2, 0) is 4.79 Å². The Labute approximate surface area is 98.2 Å². The Morgan fingerprint density at radius 1 is 1.60 bits per heavy atom. The second-order valence-electron chi connectivity index (χ2n) is 3.45. The number of thioether (sulfide) groups is 1.